The van der Waals surface area contributed by atoms with E-state index in [9.17, 15) is 4.79 Å². The molecule has 1 amide bonds. The maximum absolute atomic E-state index is 12.4. The van der Waals surface area contributed by atoms with Gasteiger partial charge in [0.15, 0.2) is 0 Å². The number of carbonyl (C=O) groups is 1. The monoisotopic (exact) mass is 299 g/mol. The van der Waals surface area contributed by atoms with Crippen molar-refractivity contribution in [2.45, 2.75) is 6.54 Å². The Balaban J connectivity index is 1.92. The Labute approximate surface area is 125 Å². The maximum Gasteiger partial charge on any atom is 0.252 e. The van der Waals surface area contributed by atoms with Gasteiger partial charge < -0.3 is 10.7 Å². The van der Waals surface area contributed by atoms with Crippen LogP contribution in [-0.4, -0.2) is 15.9 Å². The molecular weight excluding hydrogens is 286 g/mol. The molecule has 0 aliphatic heterocycles. The Hall–Kier alpha value is -2.51. The molecule has 3 rings (SSSR count). The lowest BCUT2D eigenvalue weighted by molar-refractivity contribution is 0.0953. The van der Waals surface area contributed by atoms with Gasteiger partial charge in [0.25, 0.3) is 5.91 Å². The summed E-state index contributed by atoms with van der Waals surface area (Å²) in [6.07, 6.45) is 1.74. The van der Waals surface area contributed by atoms with Crippen molar-refractivity contribution >= 4 is 34.0 Å². The molecule has 0 saturated heterocycles. The topological polar surface area (TPSA) is 92.9 Å². The van der Waals surface area contributed by atoms with E-state index in [1.807, 2.05) is 24.3 Å². The Morgan fingerprint density at radius 2 is 2.19 bits per heavy atom. The van der Waals surface area contributed by atoms with Crippen molar-refractivity contribution in [2.75, 3.05) is 5.43 Å². The molecule has 7 heteroatoms. The molecule has 0 bridgehead atoms. The number of fused-ring (bicyclic) bond motifs is 1. The van der Waals surface area contributed by atoms with Crippen molar-refractivity contribution in [1.82, 2.24) is 15.3 Å². The first kappa shape index (κ1) is 13.5. The second-order valence-electron chi connectivity index (χ2n) is 4.37. The molecule has 1 aromatic carbocycles. The second kappa shape index (κ2) is 5.86. The number of pyridine rings is 1. The largest absolute Gasteiger partial charge is 0.347 e. The molecule has 0 atom stereocenters. The van der Waals surface area contributed by atoms with Gasteiger partial charge in [0.1, 0.15) is 5.82 Å². The zero-order valence-corrected chi connectivity index (χ0v) is 11.9. The van der Waals surface area contributed by atoms with E-state index in [2.05, 4.69) is 20.7 Å². The van der Waals surface area contributed by atoms with E-state index < -0.39 is 0 Å². The van der Waals surface area contributed by atoms with Crippen molar-refractivity contribution < 1.29 is 4.79 Å². The fraction of sp³-hybridized carbons (Fsp3) is 0.0714. The predicted octanol–water partition coefficient (Wildman–Crippen LogP) is 1.91. The van der Waals surface area contributed by atoms with E-state index in [0.29, 0.717) is 17.9 Å². The number of nitrogens with one attached hydrogen (secondary N) is 2. The lowest BCUT2D eigenvalue weighted by atomic mass is 10.1. The van der Waals surface area contributed by atoms with Crippen LogP contribution < -0.4 is 16.6 Å². The number of rotatable bonds is 4. The molecule has 0 fully saturated rings. The first-order chi connectivity index (χ1) is 10.3. The average Bonchev–Trinajstić information content (AvgIpc) is 3.05. The summed E-state index contributed by atoms with van der Waals surface area (Å²) < 4.78 is 0. The normalized spacial score (nSPS) is 10.5. The lowest BCUT2D eigenvalue weighted by Gasteiger charge is -2.09. The minimum atomic E-state index is -0.168. The highest BCUT2D eigenvalue weighted by molar-refractivity contribution is 7.09. The third kappa shape index (κ3) is 2.83. The van der Waals surface area contributed by atoms with Gasteiger partial charge in [0.2, 0.25) is 0 Å². The number of anilines is 1. The lowest BCUT2D eigenvalue weighted by Crippen LogP contribution is -2.23. The van der Waals surface area contributed by atoms with E-state index in [0.717, 1.165) is 15.8 Å². The number of amides is 1. The van der Waals surface area contributed by atoms with Gasteiger partial charge in [0, 0.05) is 16.5 Å². The zero-order valence-electron chi connectivity index (χ0n) is 11.0. The number of hydrogen-bond donors (Lipinski definition) is 3. The first-order valence-corrected chi connectivity index (χ1v) is 7.18. The van der Waals surface area contributed by atoms with Crippen molar-refractivity contribution in [3.05, 3.63) is 52.5 Å². The molecule has 0 saturated carbocycles. The van der Waals surface area contributed by atoms with Crippen LogP contribution in [0, 0.1) is 0 Å². The molecule has 3 aromatic rings. The number of nitrogen functional groups attached to an aromatic ring is 1. The van der Waals surface area contributed by atoms with Gasteiger partial charge in [-0.2, -0.15) is 0 Å². The second-order valence-corrected chi connectivity index (χ2v) is 5.34. The number of para-hydroxylation sites is 1. The molecule has 21 heavy (non-hydrogen) atoms. The smallest absolute Gasteiger partial charge is 0.252 e. The van der Waals surface area contributed by atoms with E-state index >= 15 is 0 Å². The SMILES string of the molecule is NNc1cc(C(=O)NCc2cncs2)c2ccccc2n1. The molecule has 2 aromatic heterocycles. The van der Waals surface area contributed by atoms with Crippen LogP contribution in [0.25, 0.3) is 10.9 Å². The third-order valence-corrected chi connectivity index (χ3v) is 3.79. The van der Waals surface area contributed by atoms with E-state index in [-0.39, 0.29) is 5.91 Å². The van der Waals surface area contributed by atoms with Gasteiger partial charge >= 0.3 is 0 Å². The Morgan fingerprint density at radius 1 is 1.33 bits per heavy atom. The predicted molar refractivity (Wildman–Crippen MR) is 82.8 cm³/mol. The van der Waals surface area contributed by atoms with Gasteiger partial charge in [-0.15, -0.1) is 11.3 Å². The summed E-state index contributed by atoms with van der Waals surface area (Å²) in [5, 5.41) is 3.67. The number of nitrogens with two attached hydrogens (primary N) is 1. The highest BCUT2D eigenvalue weighted by atomic mass is 32.1. The minimum Gasteiger partial charge on any atom is -0.347 e. The van der Waals surface area contributed by atoms with Crippen LogP contribution in [0.1, 0.15) is 15.2 Å². The minimum absolute atomic E-state index is 0.168. The number of benzene rings is 1. The maximum atomic E-state index is 12.4. The van der Waals surface area contributed by atoms with Gasteiger partial charge in [-0.3, -0.25) is 9.78 Å². The fourth-order valence-electron chi connectivity index (χ4n) is 2.03. The Morgan fingerprint density at radius 3 is 2.95 bits per heavy atom. The number of hydrazine groups is 1. The summed E-state index contributed by atoms with van der Waals surface area (Å²) in [4.78, 5) is 21.7. The summed E-state index contributed by atoms with van der Waals surface area (Å²) in [5.74, 6) is 5.70. The molecule has 0 unspecified atom stereocenters. The third-order valence-electron chi connectivity index (χ3n) is 3.02. The van der Waals surface area contributed by atoms with Gasteiger partial charge in [0.05, 0.1) is 23.1 Å². The number of hydrogen-bond acceptors (Lipinski definition) is 6. The van der Waals surface area contributed by atoms with Crippen LogP contribution in [0.3, 0.4) is 0 Å². The van der Waals surface area contributed by atoms with Crippen molar-refractivity contribution in [3.8, 4) is 0 Å². The number of carbonyl (C=O) groups excluding carboxylic acids is 1. The van der Waals surface area contributed by atoms with Crippen LogP contribution in [0.4, 0.5) is 5.82 Å². The average molecular weight is 299 g/mol. The summed E-state index contributed by atoms with van der Waals surface area (Å²) in [6, 6.07) is 9.10. The summed E-state index contributed by atoms with van der Waals surface area (Å²) >= 11 is 1.50. The molecule has 4 N–H and O–H groups in total. The van der Waals surface area contributed by atoms with Crippen molar-refractivity contribution in [3.63, 3.8) is 0 Å². The van der Waals surface area contributed by atoms with Gasteiger partial charge in [-0.1, -0.05) is 18.2 Å². The standard InChI is InChI=1S/C14H13N5OS/c15-19-13-5-11(10-3-1-2-4-12(10)18-13)14(20)17-7-9-6-16-8-21-9/h1-6,8H,7,15H2,(H,17,20)(H,18,19). The van der Waals surface area contributed by atoms with Crippen LogP contribution in [0.15, 0.2) is 42.0 Å². The molecule has 0 aliphatic carbocycles. The molecule has 106 valence electrons. The van der Waals surface area contributed by atoms with Crippen LogP contribution in [-0.2, 0) is 6.54 Å². The summed E-state index contributed by atoms with van der Waals surface area (Å²) in [6.45, 7) is 0.450. The van der Waals surface area contributed by atoms with E-state index in [1.165, 1.54) is 11.3 Å². The number of nitrogens with zero attached hydrogens (tertiary/aromatic N) is 2. The molecule has 2 heterocycles. The van der Waals surface area contributed by atoms with Crippen LogP contribution in [0.2, 0.25) is 0 Å². The highest BCUT2D eigenvalue weighted by Crippen LogP contribution is 2.20. The van der Waals surface area contributed by atoms with Crippen molar-refractivity contribution in [1.29, 1.82) is 0 Å². The van der Waals surface area contributed by atoms with E-state index in [1.54, 1.807) is 17.8 Å². The van der Waals surface area contributed by atoms with E-state index in [4.69, 9.17) is 5.84 Å². The van der Waals surface area contributed by atoms with Gasteiger partial charge in [-0.25, -0.2) is 10.8 Å². The summed E-state index contributed by atoms with van der Waals surface area (Å²) in [5.41, 5.74) is 5.48. The fourth-order valence-corrected chi connectivity index (χ4v) is 2.56. The molecule has 0 radical (unpaired) electrons. The summed E-state index contributed by atoms with van der Waals surface area (Å²) in [7, 11) is 0. The Kier molecular flexibility index (Phi) is 3.76. The molecule has 0 aliphatic rings. The molecular formula is C14H13N5OS. The first-order valence-electron chi connectivity index (χ1n) is 6.30. The highest BCUT2D eigenvalue weighted by Gasteiger charge is 2.12. The quantitative estimate of drug-likeness (QED) is 0.505. The van der Waals surface area contributed by atoms with Crippen LogP contribution >= 0.6 is 11.3 Å². The number of aromatic nitrogens is 2. The number of thiazole rings is 1. The zero-order chi connectivity index (χ0) is 14.7. The van der Waals surface area contributed by atoms with Crippen LogP contribution in [0.5, 0.6) is 0 Å². The Bertz CT molecular complexity index is 772. The molecule has 6 nitrogen and oxygen atoms in total. The van der Waals surface area contributed by atoms with Crippen molar-refractivity contribution in [2.24, 2.45) is 5.84 Å². The molecule has 0 spiro atoms. The van der Waals surface area contributed by atoms with Gasteiger partial charge in [-0.05, 0) is 12.1 Å².